The minimum atomic E-state index is -4.67. The second kappa shape index (κ2) is 7.84. The van der Waals surface area contributed by atoms with Gasteiger partial charge in [0.05, 0.1) is 11.9 Å². The summed E-state index contributed by atoms with van der Waals surface area (Å²) in [6, 6.07) is 0. The van der Waals surface area contributed by atoms with E-state index in [0.29, 0.717) is 0 Å². The van der Waals surface area contributed by atoms with Gasteiger partial charge in [-0.1, -0.05) is 0 Å². The standard InChI is InChI=1S/Ca.ClH3O4Si.H2O4S.2H/c;1-5-6(2,3)4;1-5(2,3)4;;/h;2-4H;(H2,1,2,3,4);;. The van der Waals surface area contributed by atoms with Crippen molar-refractivity contribution < 1.29 is 35.9 Å². The Kier molecular flexibility index (Phi) is 12.5. The van der Waals surface area contributed by atoms with Crippen LogP contribution in [0.4, 0.5) is 0 Å². The van der Waals surface area contributed by atoms with Gasteiger partial charge in [-0.15, -0.1) is 0 Å². The van der Waals surface area contributed by atoms with Gasteiger partial charge in [0.2, 0.25) is 0 Å². The molecule has 0 spiro atoms. The third-order valence-electron chi connectivity index (χ3n) is 0.104. The third-order valence-corrected chi connectivity index (χ3v) is 0.932. The number of halogens is 1. The van der Waals surface area contributed by atoms with Crippen LogP contribution in [0.3, 0.4) is 0 Å². The van der Waals surface area contributed by atoms with Gasteiger partial charge in [0, 0.05) is 0 Å². The Morgan fingerprint density at radius 3 is 1.25 bits per heavy atom. The van der Waals surface area contributed by atoms with Crippen LogP contribution in [0.15, 0.2) is 0 Å². The van der Waals surface area contributed by atoms with Gasteiger partial charge in [-0.05, 0) is 0 Å². The summed E-state index contributed by atoms with van der Waals surface area (Å²) in [6.07, 6.45) is 0. The number of hydrogen-bond donors (Lipinski definition) is 5. The van der Waals surface area contributed by atoms with Crippen LogP contribution in [0.25, 0.3) is 0 Å². The molecule has 12 heavy (non-hydrogen) atoms. The molecule has 0 atom stereocenters. The molecule has 0 amide bonds. The fourth-order valence-corrected chi connectivity index (χ4v) is 0. The molecule has 0 saturated heterocycles. The molecule has 8 nitrogen and oxygen atoms in total. The molecule has 0 aromatic heterocycles. The molecule has 0 aliphatic rings. The molecule has 0 heterocycles. The molecule has 12 heteroatoms. The van der Waals surface area contributed by atoms with E-state index in [0.717, 1.165) is 0 Å². The van der Waals surface area contributed by atoms with Crippen molar-refractivity contribution in [3.63, 3.8) is 0 Å². The molecule has 0 radical (unpaired) electrons. The van der Waals surface area contributed by atoms with Crippen molar-refractivity contribution >= 4 is 69.1 Å². The van der Waals surface area contributed by atoms with E-state index in [1.807, 2.05) is 0 Å². The first-order valence-corrected chi connectivity index (χ1v) is 5.18. The minimum absolute atomic E-state index is 0. The predicted octanol–water partition coefficient (Wildman–Crippen LogP) is -3.00. The zero-order valence-corrected chi connectivity index (χ0v) is 7.32. The van der Waals surface area contributed by atoms with E-state index in [2.05, 4.69) is 15.8 Å². The van der Waals surface area contributed by atoms with Gasteiger partial charge in [-0.3, -0.25) is 9.11 Å². The first-order valence-electron chi connectivity index (χ1n) is 1.73. The molecule has 0 aliphatic heterocycles. The number of hydrogen-bond acceptors (Lipinski definition) is 6. The Balaban J connectivity index is -0.000000126. The zero-order valence-electron chi connectivity index (χ0n) is 4.75. The predicted molar refractivity (Wildman–Crippen MR) is 42.1 cm³/mol. The van der Waals surface area contributed by atoms with Gasteiger partial charge in [0.25, 0.3) is 0 Å². The van der Waals surface area contributed by atoms with Gasteiger partial charge in [-0.25, -0.2) is 3.98 Å². The quantitative estimate of drug-likeness (QED) is 0.250. The zero-order chi connectivity index (χ0) is 9.71. The molecule has 0 saturated carbocycles. The van der Waals surface area contributed by atoms with Crippen LogP contribution in [-0.4, -0.2) is 78.7 Å². The summed E-state index contributed by atoms with van der Waals surface area (Å²) in [4.78, 5) is 23.2. The maximum atomic E-state index is 8.74. The second-order valence-electron chi connectivity index (χ2n) is 1.10. The molecule has 0 unspecified atom stereocenters. The molecule has 0 fully saturated rings. The Morgan fingerprint density at radius 1 is 1.17 bits per heavy atom. The number of rotatable bonds is 1. The van der Waals surface area contributed by atoms with Crippen LogP contribution in [0, 0.1) is 0 Å². The molecular weight excluding hydrogens is 264 g/mol. The van der Waals surface area contributed by atoms with Crippen LogP contribution in [0.2, 0.25) is 0 Å². The molecule has 0 aliphatic carbocycles. The topological polar surface area (TPSA) is 145 Å². The Labute approximate surface area is 104 Å². The normalized spacial score (nSPS) is 10.8. The molecular formula is H7CaClO8SSi. The van der Waals surface area contributed by atoms with Crippen molar-refractivity contribution in [3.05, 3.63) is 0 Å². The summed E-state index contributed by atoms with van der Waals surface area (Å²) < 4.78 is 34.8. The Hall–Kier alpha value is 1.48. The molecule has 0 rings (SSSR count). The Bertz CT molecular complexity index is 172. The van der Waals surface area contributed by atoms with Crippen LogP contribution in [0.5, 0.6) is 0 Å². The monoisotopic (exact) mass is 270 g/mol. The van der Waals surface area contributed by atoms with Crippen molar-refractivity contribution in [1.29, 1.82) is 0 Å². The molecule has 74 valence electrons. The fourth-order valence-electron chi connectivity index (χ4n) is 0. The van der Waals surface area contributed by atoms with E-state index < -0.39 is 19.4 Å². The van der Waals surface area contributed by atoms with E-state index in [1.54, 1.807) is 0 Å². The van der Waals surface area contributed by atoms with Gasteiger partial charge in [0.1, 0.15) is 0 Å². The van der Waals surface area contributed by atoms with E-state index in [9.17, 15) is 0 Å². The summed E-state index contributed by atoms with van der Waals surface area (Å²) in [7, 11) is -9.03. The summed E-state index contributed by atoms with van der Waals surface area (Å²) in [5.41, 5.74) is 0. The third kappa shape index (κ3) is 62.9. The maximum absolute atomic E-state index is 8.74. The molecule has 0 aromatic rings. The molecule has 0 bridgehead atoms. The van der Waals surface area contributed by atoms with Crippen molar-refractivity contribution in [1.82, 2.24) is 0 Å². The average molecular weight is 271 g/mol. The average Bonchev–Trinajstić information content (AvgIpc) is 1.59. The Morgan fingerprint density at radius 2 is 1.25 bits per heavy atom. The first kappa shape index (κ1) is 19.1. The summed E-state index contributed by atoms with van der Waals surface area (Å²) in [6.45, 7) is 0. The first-order chi connectivity index (χ1) is 4.56. The van der Waals surface area contributed by atoms with Crippen LogP contribution < -0.4 is 0 Å². The summed E-state index contributed by atoms with van der Waals surface area (Å²) >= 11 is 4.29. The molecule has 0 aromatic carbocycles. The van der Waals surface area contributed by atoms with Crippen LogP contribution in [-0.2, 0) is 14.4 Å². The van der Waals surface area contributed by atoms with Crippen LogP contribution >= 0.6 is 11.9 Å². The summed E-state index contributed by atoms with van der Waals surface area (Å²) in [5.74, 6) is 0. The van der Waals surface area contributed by atoms with Crippen molar-refractivity contribution in [2.45, 2.75) is 0 Å². The van der Waals surface area contributed by atoms with Gasteiger partial charge in [-0.2, -0.15) is 8.42 Å². The van der Waals surface area contributed by atoms with E-state index in [1.165, 1.54) is 0 Å². The van der Waals surface area contributed by atoms with Crippen LogP contribution in [0.1, 0.15) is 0 Å². The van der Waals surface area contributed by atoms with E-state index in [4.69, 9.17) is 31.9 Å². The van der Waals surface area contributed by atoms with Gasteiger partial charge in [0.15, 0.2) is 0 Å². The van der Waals surface area contributed by atoms with Crippen molar-refractivity contribution in [3.8, 4) is 0 Å². The van der Waals surface area contributed by atoms with E-state index in [-0.39, 0.29) is 37.7 Å². The van der Waals surface area contributed by atoms with Gasteiger partial charge < -0.3 is 14.4 Å². The molecule has 5 N–H and O–H groups in total. The van der Waals surface area contributed by atoms with E-state index >= 15 is 0 Å². The second-order valence-corrected chi connectivity index (χ2v) is 3.76. The SMILES string of the molecule is O=S(=O)(O)O.O[Si](O)(O)OCl.[CaH2]. The summed E-state index contributed by atoms with van der Waals surface area (Å²) in [5, 5.41) is 0. The fraction of sp³-hybridized carbons (Fsp3) is 0. The van der Waals surface area contributed by atoms with Gasteiger partial charge >= 0.3 is 57.2 Å². The van der Waals surface area contributed by atoms with Crippen molar-refractivity contribution in [2.75, 3.05) is 0 Å². The van der Waals surface area contributed by atoms with Crippen molar-refractivity contribution in [2.24, 2.45) is 0 Å².